The Labute approximate surface area is 167 Å². The molecule has 1 aliphatic heterocycles. The maximum Gasteiger partial charge on any atom is 0.419 e. The van der Waals surface area contributed by atoms with Gasteiger partial charge in [0.15, 0.2) is 0 Å². The molecule has 1 aromatic carbocycles. The number of nitrogens with one attached hydrogen (secondary N) is 1. The summed E-state index contributed by atoms with van der Waals surface area (Å²) in [5, 5.41) is 12.2. The van der Waals surface area contributed by atoms with Crippen molar-refractivity contribution in [3.05, 3.63) is 53.7 Å². The molecule has 8 heteroatoms. The predicted molar refractivity (Wildman–Crippen MR) is 104 cm³/mol. The molecule has 1 unspecified atom stereocenters. The second-order valence-corrected chi connectivity index (χ2v) is 7.22. The number of phenolic OH excluding ortho intramolecular Hbond substituents is 1. The number of nitrogens with zero attached hydrogens (tertiary/aromatic N) is 2. The second kappa shape index (κ2) is 9.15. The first-order valence-electron chi connectivity index (χ1n) is 9.67. The van der Waals surface area contributed by atoms with Gasteiger partial charge in [-0.3, -0.25) is 4.79 Å². The number of halogens is 3. The number of phenols is 1. The summed E-state index contributed by atoms with van der Waals surface area (Å²) in [7, 11) is 0. The number of alkyl halides is 3. The molecular weight excluding hydrogens is 383 g/mol. The van der Waals surface area contributed by atoms with E-state index in [-0.39, 0.29) is 29.9 Å². The number of carbonyl (C=O) groups excluding carboxylic acids is 1. The fourth-order valence-corrected chi connectivity index (χ4v) is 3.56. The lowest BCUT2D eigenvalue weighted by atomic mass is 9.96. The van der Waals surface area contributed by atoms with Crippen LogP contribution in [0.2, 0.25) is 0 Å². The number of hydrogen-bond acceptors (Lipinski definition) is 4. The van der Waals surface area contributed by atoms with Crippen LogP contribution >= 0.6 is 0 Å². The number of hydrogen-bond donors (Lipinski definition) is 2. The van der Waals surface area contributed by atoms with E-state index in [4.69, 9.17) is 0 Å². The maximum absolute atomic E-state index is 13.3. The van der Waals surface area contributed by atoms with Crippen molar-refractivity contribution in [2.45, 2.75) is 31.9 Å². The molecule has 0 spiro atoms. The van der Waals surface area contributed by atoms with Crippen LogP contribution in [-0.4, -0.2) is 35.6 Å². The van der Waals surface area contributed by atoms with Crippen LogP contribution in [0.4, 0.5) is 19.0 Å². The predicted octanol–water partition coefficient (Wildman–Crippen LogP) is 3.77. The monoisotopic (exact) mass is 407 g/mol. The molecule has 3 rings (SSSR count). The zero-order chi connectivity index (χ0) is 20.9. The molecule has 1 aromatic heterocycles. The molecule has 1 fully saturated rings. The Balaban J connectivity index is 1.53. The summed E-state index contributed by atoms with van der Waals surface area (Å²) >= 11 is 0. The van der Waals surface area contributed by atoms with Crippen molar-refractivity contribution >= 4 is 11.7 Å². The van der Waals surface area contributed by atoms with Gasteiger partial charge in [0.1, 0.15) is 11.6 Å². The Kier molecular flexibility index (Phi) is 6.61. The molecule has 1 atom stereocenters. The number of carbonyl (C=O) groups is 1. The van der Waals surface area contributed by atoms with Crippen molar-refractivity contribution in [3.63, 3.8) is 0 Å². The lowest BCUT2D eigenvalue weighted by molar-refractivity contribution is -0.137. The zero-order valence-electron chi connectivity index (χ0n) is 16.0. The smallest absolute Gasteiger partial charge is 0.419 e. The van der Waals surface area contributed by atoms with Crippen LogP contribution in [-0.2, 0) is 17.4 Å². The average Bonchev–Trinajstić information content (AvgIpc) is 2.72. The van der Waals surface area contributed by atoms with Crippen molar-refractivity contribution in [3.8, 4) is 5.75 Å². The normalized spacial score (nSPS) is 17.2. The highest BCUT2D eigenvalue weighted by Crippen LogP contribution is 2.36. The standard InChI is InChI=1S/C21H24F3N3O2/c22-21(23,24)18-6-2-11-25-19(18)27-13-3-5-16(14-27)20(29)26-12-1-4-15-7-9-17(28)10-8-15/h2,6-11,16,28H,1,3-5,12-14H2,(H,26,29). The summed E-state index contributed by atoms with van der Waals surface area (Å²) in [5.41, 5.74) is 0.297. The van der Waals surface area contributed by atoms with Gasteiger partial charge in [-0.25, -0.2) is 4.98 Å². The number of aryl methyl sites for hydroxylation is 1. The van der Waals surface area contributed by atoms with Gasteiger partial charge in [0, 0.05) is 25.8 Å². The number of aromatic nitrogens is 1. The van der Waals surface area contributed by atoms with E-state index < -0.39 is 11.7 Å². The molecule has 29 heavy (non-hydrogen) atoms. The van der Waals surface area contributed by atoms with Crippen molar-refractivity contribution < 1.29 is 23.1 Å². The number of piperidine rings is 1. The van der Waals surface area contributed by atoms with Gasteiger partial charge in [0.25, 0.3) is 0 Å². The van der Waals surface area contributed by atoms with E-state index in [1.807, 2.05) is 12.1 Å². The lowest BCUT2D eigenvalue weighted by Gasteiger charge is -2.34. The van der Waals surface area contributed by atoms with Crippen molar-refractivity contribution in [2.75, 3.05) is 24.5 Å². The number of benzene rings is 1. The fourth-order valence-electron chi connectivity index (χ4n) is 3.56. The lowest BCUT2D eigenvalue weighted by Crippen LogP contribution is -2.44. The summed E-state index contributed by atoms with van der Waals surface area (Å²) < 4.78 is 39.8. The molecular formula is C21H24F3N3O2. The van der Waals surface area contributed by atoms with Gasteiger partial charge < -0.3 is 15.3 Å². The van der Waals surface area contributed by atoms with Crippen LogP contribution in [0.3, 0.4) is 0 Å². The Hall–Kier alpha value is -2.77. The molecule has 2 N–H and O–H groups in total. The topological polar surface area (TPSA) is 65.5 Å². The molecule has 1 saturated heterocycles. The number of rotatable bonds is 6. The molecule has 1 amide bonds. The van der Waals surface area contributed by atoms with Crippen LogP contribution in [0.25, 0.3) is 0 Å². The van der Waals surface area contributed by atoms with Gasteiger partial charge >= 0.3 is 6.18 Å². The van der Waals surface area contributed by atoms with E-state index in [0.29, 0.717) is 25.9 Å². The van der Waals surface area contributed by atoms with E-state index in [1.54, 1.807) is 17.0 Å². The third-order valence-electron chi connectivity index (χ3n) is 5.06. The minimum atomic E-state index is -4.48. The number of anilines is 1. The van der Waals surface area contributed by atoms with Gasteiger partial charge in [-0.2, -0.15) is 13.2 Å². The highest BCUT2D eigenvalue weighted by Gasteiger charge is 2.37. The van der Waals surface area contributed by atoms with E-state index >= 15 is 0 Å². The van der Waals surface area contributed by atoms with E-state index in [0.717, 1.165) is 24.5 Å². The van der Waals surface area contributed by atoms with Crippen molar-refractivity contribution in [1.29, 1.82) is 0 Å². The van der Waals surface area contributed by atoms with Crippen LogP contribution < -0.4 is 10.2 Å². The number of amides is 1. The van der Waals surface area contributed by atoms with Crippen molar-refractivity contribution in [2.24, 2.45) is 5.92 Å². The first-order valence-corrected chi connectivity index (χ1v) is 9.67. The second-order valence-electron chi connectivity index (χ2n) is 7.22. The molecule has 2 aromatic rings. The molecule has 0 aliphatic carbocycles. The minimum absolute atomic E-state index is 0.107. The Morgan fingerprint density at radius 3 is 2.72 bits per heavy atom. The average molecular weight is 407 g/mol. The van der Waals surface area contributed by atoms with E-state index in [9.17, 15) is 23.1 Å². The summed E-state index contributed by atoms with van der Waals surface area (Å²) in [4.78, 5) is 18.0. The van der Waals surface area contributed by atoms with Crippen LogP contribution in [0, 0.1) is 5.92 Å². The van der Waals surface area contributed by atoms with Crippen LogP contribution in [0.1, 0.15) is 30.4 Å². The van der Waals surface area contributed by atoms with Crippen LogP contribution in [0.5, 0.6) is 5.75 Å². The van der Waals surface area contributed by atoms with Gasteiger partial charge in [-0.05, 0) is 55.5 Å². The summed E-state index contributed by atoms with van der Waals surface area (Å²) in [5.74, 6) is -0.388. The molecule has 2 heterocycles. The Morgan fingerprint density at radius 1 is 1.24 bits per heavy atom. The molecule has 5 nitrogen and oxygen atoms in total. The highest BCUT2D eigenvalue weighted by atomic mass is 19.4. The van der Waals surface area contributed by atoms with E-state index in [2.05, 4.69) is 10.3 Å². The van der Waals surface area contributed by atoms with Gasteiger partial charge in [-0.1, -0.05) is 12.1 Å². The number of pyridine rings is 1. The molecule has 0 radical (unpaired) electrons. The summed E-state index contributed by atoms with van der Waals surface area (Å²) in [6, 6.07) is 9.21. The van der Waals surface area contributed by atoms with Gasteiger partial charge in [-0.15, -0.1) is 0 Å². The Morgan fingerprint density at radius 2 is 2.00 bits per heavy atom. The fraction of sp³-hybridized carbons (Fsp3) is 0.429. The third kappa shape index (κ3) is 5.62. The largest absolute Gasteiger partial charge is 0.508 e. The summed E-state index contributed by atoms with van der Waals surface area (Å²) in [6.45, 7) is 1.17. The van der Waals surface area contributed by atoms with Gasteiger partial charge in [0.05, 0.1) is 11.5 Å². The number of aromatic hydroxyl groups is 1. The molecule has 1 aliphatic rings. The minimum Gasteiger partial charge on any atom is -0.508 e. The Bertz CT molecular complexity index is 825. The van der Waals surface area contributed by atoms with E-state index in [1.165, 1.54) is 12.3 Å². The maximum atomic E-state index is 13.3. The van der Waals surface area contributed by atoms with Gasteiger partial charge in [0.2, 0.25) is 5.91 Å². The molecule has 156 valence electrons. The summed E-state index contributed by atoms with van der Waals surface area (Å²) in [6.07, 6.45) is -0.343. The quantitative estimate of drug-likeness (QED) is 0.716. The first-order chi connectivity index (χ1) is 13.8. The zero-order valence-corrected chi connectivity index (χ0v) is 16.0. The SMILES string of the molecule is O=C(NCCCc1ccc(O)cc1)C1CCCN(c2ncccc2C(F)(F)F)C1. The van der Waals surface area contributed by atoms with Crippen molar-refractivity contribution in [1.82, 2.24) is 10.3 Å². The highest BCUT2D eigenvalue weighted by molar-refractivity contribution is 5.79. The molecule has 0 saturated carbocycles. The third-order valence-corrected chi connectivity index (χ3v) is 5.06. The molecule has 0 bridgehead atoms. The first kappa shape index (κ1) is 21.0. The van der Waals surface area contributed by atoms with Crippen LogP contribution in [0.15, 0.2) is 42.6 Å².